The van der Waals surface area contributed by atoms with E-state index in [2.05, 4.69) is 5.32 Å². The van der Waals surface area contributed by atoms with E-state index in [0.717, 1.165) is 30.3 Å². The molecule has 0 saturated carbocycles. The Labute approximate surface area is 270 Å². The average Bonchev–Trinajstić information content (AvgIpc) is 2.91. The lowest BCUT2D eigenvalue weighted by atomic mass is 9.90. The third-order valence-corrected chi connectivity index (χ3v) is 8.59. The maximum absolute atomic E-state index is 15.7. The first-order valence-corrected chi connectivity index (χ1v) is 15.6. The third-order valence-electron chi connectivity index (χ3n) is 8.59. The normalized spacial score (nSPS) is 15.0. The van der Waals surface area contributed by atoms with E-state index in [4.69, 9.17) is 0 Å². The molecule has 1 aliphatic rings. The summed E-state index contributed by atoms with van der Waals surface area (Å²) in [6.45, 7) is 10.3. The molecule has 0 radical (unpaired) electrons. The van der Waals surface area contributed by atoms with Crippen molar-refractivity contribution in [2.75, 3.05) is 19.6 Å². The molecule has 4 rings (SSSR count). The second kappa shape index (κ2) is 14.4. The number of aryl methyl sites for hydroxylation is 3. The monoisotopic (exact) mass is 661 g/mol. The maximum Gasteiger partial charge on any atom is 0.416 e. The van der Waals surface area contributed by atoms with Crippen LogP contribution in [-0.2, 0) is 22.2 Å². The maximum atomic E-state index is 15.7. The zero-order chi connectivity index (χ0) is 34.8. The number of hydrogen-bond acceptors (Lipinski definition) is 4. The standard InChI is InChI=1S/C35H40F5N3O4/c1-19(2)11-29(43-18-23(7-10-42-8-6-9-42)27(16-30(43)44)35(38,39)40)34(47)41-28(17-31(45)46)26-15-24(12-22(5)33(26)37)32-20(3)13-25(36)14-21(32)4/h12-16,18-19,28-29H,6-11,17H2,1-5H3,(H,41,47)(H,45,46)/t28-,29?/m0/s1. The summed E-state index contributed by atoms with van der Waals surface area (Å²) in [5.74, 6) is -3.58. The molecule has 1 fully saturated rings. The van der Waals surface area contributed by atoms with Crippen molar-refractivity contribution in [1.82, 2.24) is 14.8 Å². The lowest BCUT2D eigenvalue weighted by Crippen LogP contribution is -2.41. The van der Waals surface area contributed by atoms with Gasteiger partial charge in [-0.15, -0.1) is 0 Å². The number of carboxylic acids is 1. The van der Waals surface area contributed by atoms with Gasteiger partial charge < -0.3 is 19.9 Å². The number of carbonyl (C=O) groups is 2. The van der Waals surface area contributed by atoms with Crippen LogP contribution < -0.4 is 10.9 Å². The summed E-state index contributed by atoms with van der Waals surface area (Å²) in [7, 11) is 0. The fourth-order valence-electron chi connectivity index (χ4n) is 6.22. The van der Waals surface area contributed by atoms with E-state index in [0.29, 0.717) is 34.9 Å². The predicted molar refractivity (Wildman–Crippen MR) is 168 cm³/mol. The number of nitrogens with zero attached hydrogens (tertiary/aromatic N) is 2. The Bertz CT molecular complexity index is 1690. The van der Waals surface area contributed by atoms with Crippen molar-refractivity contribution in [3.8, 4) is 11.1 Å². The van der Waals surface area contributed by atoms with Crippen LogP contribution in [0.4, 0.5) is 22.0 Å². The zero-order valence-corrected chi connectivity index (χ0v) is 27.1. The minimum atomic E-state index is -4.79. The topological polar surface area (TPSA) is 91.6 Å². The van der Waals surface area contributed by atoms with E-state index in [9.17, 15) is 37.1 Å². The summed E-state index contributed by atoms with van der Waals surface area (Å²) in [5.41, 5.74) is 0.0566. The Hall–Kier alpha value is -4.06. The lowest BCUT2D eigenvalue weighted by molar-refractivity contribution is -0.139. The van der Waals surface area contributed by atoms with Crippen molar-refractivity contribution in [1.29, 1.82) is 0 Å². The van der Waals surface area contributed by atoms with Gasteiger partial charge >= 0.3 is 12.1 Å². The van der Waals surface area contributed by atoms with Crippen LogP contribution in [0, 0.1) is 38.3 Å². The Morgan fingerprint density at radius 1 is 0.979 bits per heavy atom. The molecule has 2 atom stereocenters. The molecule has 2 heterocycles. The first-order chi connectivity index (χ1) is 22.0. The van der Waals surface area contributed by atoms with Crippen LogP contribution >= 0.6 is 0 Å². The summed E-state index contributed by atoms with van der Waals surface area (Å²) in [5, 5.41) is 12.4. The predicted octanol–water partition coefficient (Wildman–Crippen LogP) is 6.91. The molecule has 3 aromatic rings. The second-order valence-electron chi connectivity index (χ2n) is 12.8. The summed E-state index contributed by atoms with van der Waals surface area (Å²) < 4.78 is 72.7. The molecule has 47 heavy (non-hydrogen) atoms. The molecule has 1 amide bonds. The lowest BCUT2D eigenvalue weighted by Gasteiger charge is -2.31. The SMILES string of the molecule is Cc1cc(-c2c(C)cc(F)cc2C)cc([C@H](CC(=O)O)NC(=O)C(CC(C)C)n2cc(CCN3CCC3)c(C(F)(F)F)cc2=O)c1F. The Balaban J connectivity index is 1.77. The van der Waals surface area contributed by atoms with Gasteiger partial charge in [0.2, 0.25) is 5.91 Å². The fourth-order valence-corrected chi connectivity index (χ4v) is 6.22. The zero-order valence-electron chi connectivity index (χ0n) is 27.1. The van der Waals surface area contributed by atoms with Gasteiger partial charge in [0.15, 0.2) is 0 Å². The van der Waals surface area contributed by atoms with E-state index < -0.39 is 59.3 Å². The molecule has 0 aliphatic carbocycles. The highest BCUT2D eigenvalue weighted by molar-refractivity contribution is 5.82. The molecule has 12 heteroatoms. The van der Waals surface area contributed by atoms with Crippen LogP contribution in [-0.4, -0.2) is 46.1 Å². The molecule has 1 aliphatic heterocycles. The first kappa shape index (κ1) is 35.8. The van der Waals surface area contributed by atoms with Gasteiger partial charge in [0.05, 0.1) is 18.0 Å². The van der Waals surface area contributed by atoms with E-state index in [-0.39, 0.29) is 35.4 Å². The minimum Gasteiger partial charge on any atom is -0.481 e. The van der Waals surface area contributed by atoms with Gasteiger partial charge in [0.25, 0.3) is 5.56 Å². The molecule has 7 nitrogen and oxygen atoms in total. The molecule has 0 spiro atoms. The number of hydrogen-bond donors (Lipinski definition) is 2. The van der Waals surface area contributed by atoms with Crippen LogP contribution in [0.2, 0.25) is 0 Å². The third kappa shape index (κ3) is 8.46. The Kier molecular flexibility index (Phi) is 10.9. The number of carboxylic acid groups (broad SMARTS) is 1. The van der Waals surface area contributed by atoms with E-state index >= 15 is 4.39 Å². The van der Waals surface area contributed by atoms with Gasteiger partial charge in [0.1, 0.15) is 17.7 Å². The van der Waals surface area contributed by atoms with Crippen molar-refractivity contribution in [3.05, 3.63) is 91.9 Å². The number of nitrogens with one attached hydrogen (secondary N) is 1. The van der Waals surface area contributed by atoms with Gasteiger partial charge in [-0.1, -0.05) is 13.8 Å². The number of aromatic nitrogens is 1. The molecule has 1 unspecified atom stereocenters. The number of aliphatic carboxylic acids is 1. The highest BCUT2D eigenvalue weighted by Gasteiger charge is 2.36. The molecule has 2 N–H and O–H groups in total. The number of halogens is 5. The number of carbonyl (C=O) groups excluding carboxylic acids is 1. The summed E-state index contributed by atoms with van der Waals surface area (Å²) in [4.78, 5) is 41.1. The number of alkyl halides is 3. The first-order valence-electron chi connectivity index (χ1n) is 15.6. The number of benzene rings is 2. The van der Waals surface area contributed by atoms with Crippen molar-refractivity contribution in [3.63, 3.8) is 0 Å². The van der Waals surface area contributed by atoms with Crippen molar-refractivity contribution in [2.24, 2.45) is 5.92 Å². The average molecular weight is 662 g/mol. The molecule has 2 aromatic carbocycles. The van der Waals surface area contributed by atoms with Crippen LogP contribution in [0.5, 0.6) is 0 Å². The molecule has 0 bridgehead atoms. The van der Waals surface area contributed by atoms with E-state index in [1.54, 1.807) is 33.8 Å². The molecular formula is C35H40F5N3O4. The van der Waals surface area contributed by atoms with Crippen LogP contribution in [0.25, 0.3) is 11.1 Å². The number of likely N-dealkylation sites (tertiary alicyclic amines) is 1. The summed E-state index contributed by atoms with van der Waals surface area (Å²) in [6, 6.07) is 3.42. The fraction of sp³-hybridized carbons (Fsp3) is 0.457. The van der Waals surface area contributed by atoms with Crippen LogP contribution in [0.1, 0.15) is 78.6 Å². The number of amides is 1. The van der Waals surface area contributed by atoms with Crippen LogP contribution in [0.3, 0.4) is 0 Å². The van der Waals surface area contributed by atoms with Gasteiger partial charge in [-0.25, -0.2) is 8.78 Å². The minimum absolute atomic E-state index is 0.00623. The van der Waals surface area contributed by atoms with E-state index in [1.165, 1.54) is 25.1 Å². The molecule has 1 saturated heterocycles. The Morgan fingerprint density at radius 3 is 2.15 bits per heavy atom. The smallest absolute Gasteiger partial charge is 0.416 e. The van der Waals surface area contributed by atoms with Crippen molar-refractivity contribution in [2.45, 2.75) is 78.6 Å². The molecule has 1 aromatic heterocycles. The Morgan fingerprint density at radius 2 is 1.62 bits per heavy atom. The van der Waals surface area contributed by atoms with Crippen LogP contribution in [0.15, 0.2) is 41.3 Å². The highest BCUT2D eigenvalue weighted by Crippen LogP contribution is 2.35. The van der Waals surface area contributed by atoms with E-state index in [1.807, 2.05) is 4.90 Å². The highest BCUT2D eigenvalue weighted by atomic mass is 19.4. The number of pyridine rings is 1. The summed E-state index contributed by atoms with van der Waals surface area (Å²) in [6.07, 6.45) is -3.43. The van der Waals surface area contributed by atoms with Gasteiger partial charge in [0, 0.05) is 24.4 Å². The van der Waals surface area contributed by atoms with Gasteiger partial charge in [-0.05, 0) is 117 Å². The van der Waals surface area contributed by atoms with Crippen molar-refractivity contribution >= 4 is 11.9 Å². The van der Waals surface area contributed by atoms with Gasteiger partial charge in [-0.2, -0.15) is 13.2 Å². The molecule has 254 valence electrons. The molecular weight excluding hydrogens is 621 g/mol. The number of rotatable bonds is 12. The second-order valence-corrected chi connectivity index (χ2v) is 12.8. The van der Waals surface area contributed by atoms with Crippen molar-refractivity contribution < 1.29 is 36.6 Å². The largest absolute Gasteiger partial charge is 0.481 e. The quantitative estimate of drug-likeness (QED) is 0.206. The summed E-state index contributed by atoms with van der Waals surface area (Å²) >= 11 is 0. The van der Waals surface area contributed by atoms with Gasteiger partial charge in [-0.3, -0.25) is 14.4 Å².